The molecule has 2 fully saturated rings. The number of carbonyl (C=O) groups excluding carboxylic acids is 1. The van der Waals surface area contributed by atoms with Gasteiger partial charge in [-0.1, -0.05) is 48.5 Å². The molecule has 2 heterocycles. The highest BCUT2D eigenvalue weighted by molar-refractivity contribution is 7.89. The standard InChI is InChI=1S/C24H21N3O6S/c25-12-16-7-2-4-11-21(16)34(29,30)27-19-13-31-23-20(14-32-22(19)23)33-24(28)26-18-10-5-8-15-6-1-3-9-17(15)18/h1-11,19-20,22-23,27H,13-14H2,(H,26,28). The van der Waals surface area contributed by atoms with E-state index in [2.05, 4.69) is 10.0 Å². The van der Waals surface area contributed by atoms with Crippen LogP contribution in [0.3, 0.4) is 0 Å². The van der Waals surface area contributed by atoms with Crippen molar-refractivity contribution in [1.29, 1.82) is 5.26 Å². The van der Waals surface area contributed by atoms with Crippen LogP contribution >= 0.6 is 0 Å². The summed E-state index contributed by atoms with van der Waals surface area (Å²) in [6, 6.07) is 20.4. The van der Waals surface area contributed by atoms with Gasteiger partial charge in [-0.15, -0.1) is 0 Å². The van der Waals surface area contributed by atoms with Crippen molar-refractivity contribution < 1.29 is 27.4 Å². The molecule has 2 saturated heterocycles. The first-order valence-electron chi connectivity index (χ1n) is 10.7. The van der Waals surface area contributed by atoms with Crippen molar-refractivity contribution in [2.24, 2.45) is 0 Å². The highest BCUT2D eigenvalue weighted by Crippen LogP contribution is 2.31. The van der Waals surface area contributed by atoms with Crippen molar-refractivity contribution in [3.05, 3.63) is 72.3 Å². The van der Waals surface area contributed by atoms with E-state index in [1.807, 2.05) is 42.5 Å². The fraction of sp³-hybridized carbons (Fsp3) is 0.250. The van der Waals surface area contributed by atoms with Crippen LogP contribution in [0.1, 0.15) is 5.56 Å². The molecule has 0 aliphatic carbocycles. The molecule has 4 unspecified atom stereocenters. The van der Waals surface area contributed by atoms with Gasteiger partial charge in [0.1, 0.15) is 18.3 Å². The van der Waals surface area contributed by atoms with E-state index >= 15 is 0 Å². The Balaban J connectivity index is 1.24. The minimum Gasteiger partial charge on any atom is -0.441 e. The van der Waals surface area contributed by atoms with Gasteiger partial charge in [0.25, 0.3) is 0 Å². The highest BCUT2D eigenvalue weighted by Gasteiger charge is 2.50. The fourth-order valence-electron chi connectivity index (χ4n) is 4.33. The average Bonchev–Trinajstić information content (AvgIpc) is 3.42. The van der Waals surface area contributed by atoms with Gasteiger partial charge >= 0.3 is 6.09 Å². The number of nitrogens with zero attached hydrogens (tertiary/aromatic N) is 1. The summed E-state index contributed by atoms with van der Waals surface area (Å²) in [5.74, 6) is 0. The summed E-state index contributed by atoms with van der Waals surface area (Å²) < 4.78 is 45.3. The molecule has 0 aromatic heterocycles. The Hall–Kier alpha value is -3.49. The van der Waals surface area contributed by atoms with Gasteiger partial charge in [0.2, 0.25) is 10.0 Å². The monoisotopic (exact) mass is 479 g/mol. The van der Waals surface area contributed by atoms with E-state index in [1.54, 1.807) is 18.2 Å². The molecule has 0 spiro atoms. The highest BCUT2D eigenvalue weighted by atomic mass is 32.2. The molecule has 1 amide bonds. The van der Waals surface area contributed by atoms with Crippen molar-refractivity contribution >= 4 is 32.6 Å². The van der Waals surface area contributed by atoms with Crippen LogP contribution in [-0.2, 0) is 24.2 Å². The number of nitriles is 1. The molecule has 2 aliphatic rings. The topological polar surface area (TPSA) is 127 Å². The molecule has 3 aromatic carbocycles. The number of nitrogens with one attached hydrogen (secondary N) is 2. The van der Waals surface area contributed by atoms with Gasteiger partial charge in [-0.25, -0.2) is 17.9 Å². The van der Waals surface area contributed by atoms with Crippen molar-refractivity contribution in [2.45, 2.75) is 29.2 Å². The van der Waals surface area contributed by atoms with Crippen LogP contribution in [0, 0.1) is 11.3 Å². The van der Waals surface area contributed by atoms with Gasteiger partial charge in [0.05, 0.1) is 35.4 Å². The number of carbonyl (C=O) groups is 1. The number of fused-ring (bicyclic) bond motifs is 2. The minimum absolute atomic E-state index is 0.0455. The molecular weight excluding hydrogens is 458 g/mol. The maximum atomic E-state index is 12.9. The van der Waals surface area contributed by atoms with E-state index in [1.165, 1.54) is 12.1 Å². The van der Waals surface area contributed by atoms with Crippen LogP contribution in [0.25, 0.3) is 10.8 Å². The van der Waals surface area contributed by atoms with E-state index < -0.39 is 40.5 Å². The van der Waals surface area contributed by atoms with Crippen molar-refractivity contribution in [2.75, 3.05) is 18.5 Å². The average molecular weight is 480 g/mol. The van der Waals surface area contributed by atoms with Gasteiger partial charge in [0.15, 0.2) is 6.10 Å². The zero-order valence-corrected chi connectivity index (χ0v) is 18.7. The first-order chi connectivity index (χ1) is 16.5. The van der Waals surface area contributed by atoms with Gasteiger partial charge in [0, 0.05) is 5.39 Å². The minimum atomic E-state index is -3.98. The number of hydrogen-bond acceptors (Lipinski definition) is 7. The SMILES string of the molecule is N#Cc1ccccc1S(=O)(=O)NC1COC2C(OC(=O)Nc3cccc4ccccc34)COC12. The van der Waals surface area contributed by atoms with Gasteiger partial charge in [-0.2, -0.15) is 5.26 Å². The Morgan fingerprint density at radius 3 is 2.56 bits per heavy atom. The summed E-state index contributed by atoms with van der Waals surface area (Å²) >= 11 is 0. The third kappa shape index (κ3) is 4.22. The molecule has 174 valence electrons. The Morgan fingerprint density at radius 1 is 0.971 bits per heavy atom. The summed E-state index contributed by atoms with van der Waals surface area (Å²) in [5.41, 5.74) is 0.664. The maximum absolute atomic E-state index is 12.9. The molecule has 2 N–H and O–H groups in total. The molecule has 3 aromatic rings. The lowest BCUT2D eigenvalue weighted by Gasteiger charge is -2.18. The Kier molecular flexibility index (Phi) is 5.93. The number of benzene rings is 3. The van der Waals surface area contributed by atoms with E-state index in [9.17, 15) is 18.5 Å². The summed E-state index contributed by atoms with van der Waals surface area (Å²) in [4.78, 5) is 12.5. The van der Waals surface area contributed by atoms with E-state index in [4.69, 9.17) is 14.2 Å². The second-order valence-corrected chi connectivity index (χ2v) is 9.71. The summed E-state index contributed by atoms with van der Waals surface area (Å²) in [5, 5.41) is 13.9. The zero-order valence-electron chi connectivity index (χ0n) is 17.9. The van der Waals surface area contributed by atoms with Crippen molar-refractivity contribution in [1.82, 2.24) is 4.72 Å². The molecule has 0 radical (unpaired) electrons. The number of rotatable bonds is 5. The summed E-state index contributed by atoms with van der Waals surface area (Å²) in [7, 11) is -3.98. The molecule has 0 bridgehead atoms. The van der Waals surface area contributed by atoms with Crippen LogP contribution in [0.15, 0.2) is 71.6 Å². The lowest BCUT2D eigenvalue weighted by Crippen LogP contribution is -2.44. The van der Waals surface area contributed by atoms with Crippen molar-refractivity contribution in [3.8, 4) is 6.07 Å². The first kappa shape index (κ1) is 22.3. The maximum Gasteiger partial charge on any atom is 0.412 e. The van der Waals surface area contributed by atoms with Crippen LogP contribution in [0.2, 0.25) is 0 Å². The lowest BCUT2D eigenvalue weighted by atomic mass is 10.1. The molecule has 4 atom stereocenters. The summed E-state index contributed by atoms with van der Waals surface area (Å²) in [6.07, 6.45) is -2.58. The Bertz CT molecular complexity index is 1380. The fourth-order valence-corrected chi connectivity index (χ4v) is 5.72. The van der Waals surface area contributed by atoms with Crippen LogP contribution in [0.4, 0.5) is 10.5 Å². The molecule has 0 saturated carbocycles. The quantitative estimate of drug-likeness (QED) is 0.576. The number of hydrogen-bond donors (Lipinski definition) is 2. The second kappa shape index (κ2) is 9.04. The third-order valence-electron chi connectivity index (χ3n) is 5.90. The van der Waals surface area contributed by atoms with Gasteiger partial charge in [-0.05, 0) is 23.6 Å². The van der Waals surface area contributed by atoms with Crippen LogP contribution in [-0.4, -0.2) is 52.1 Å². The van der Waals surface area contributed by atoms with E-state index in [0.717, 1.165) is 10.8 Å². The Morgan fingerprint density at radius 2 is 1.71 bits per heavy atom. The molecule has 9 nitrogen and oxygen atoms in total. The van der Waals surface area contributed by atoms with Crippen LogP contribution in [0.5, 0.6) is 0 Å². The zero-order chi connectivity index (χ0) is 23.7. The smallest absolute Gasteiger partial charge is 0.412 e. The largest absolute Gasteiger partial charge is 0.441 e. The molecule has 5 rings (SSSR count). The lowest BCUT2D eigenvalue weighted by molar-refractivity contribution is 0.00884. The molecular formula is C24H21N3O6S. The summed E-state index contributed by atoms with van der Waals surface area (Å²) in [6.45, 7) is 0.124. The molecule has 2 aliphatic heterocycles. The van der Waals surface area contributed by atoms with Gasteiger partial charge in [-0.3, -0.25) is 5.32 Å². The number of anilines is 1. The number of ether oxygens (including phenoxy) is 3. The predicted molar refractivity (Wildman–Crippen MR) is 123 cm³/mol. The molecule has 10 heteroatoms. The second-order valence-electron chi connectivity index (χ2n) is 8.03. The third-order valence-corrected chi connectivity index (χ3v) is 7.44. The normalized spacial score (nSPS) is 23.9. The molecule has 34 heavy (non-hydrogen) atoms. The van der Waals surface area contributed by atoms with E-state index in [-0.39, 0.29) is 23.7 Å². The van der Waals surface area contributed by atoms with Crippen molar-refractivity contribution in [3.63, 3.8) is 0 Å². The van der Waals surface area contributed by atoms with Crippen LogP contribution < -0.4 is 10.0 Å². The predicted octanol–water partition coefficient (Wildman–Crippen LogP) is 2.77. The Labute approximate surface area is 196 Å². The number of sulfonamides is 1. The number of amides is 1. The van der Waals surface area contributed by atoms with E-state index in [0.29, 0.717) is 5.69 Å². The van der Waals surface area contributed by atoms with Gasteiger partial charge < -0.3 is 14.2 Å². The first-order valence-corrected chi connectivity index (χ1v) is 12.1.